The van der Waals surface area contributed by atoms with Crippen molar-refractivity contribution < 1.29 is 9.53 Å². The molecule has 2 aromatic rings. The number of ether oxygens (including phenoxy) is 1. The minimum Gasteiger partial charge on any atom is -0.444 e. The Bertz CT molecular complexity index is 709. The highest BCUT2D eigenvalue weighted by molar-refractivity contribution is 5.80. The summed E-state index contributed by atoms with van der Waals surface area (Å²) in [7, 11) is 0. The van der Waals surface area contributed by atoms with Gasteiger partial charge >= 0.3 is 6.09 Å². The first-order chi connectivity index (χ1) is 10.9. The number of nitrogens with zero attached hydrogens (tertiary/aromatic N) is 2. The Morgan fingerprint density at radius 2 is 2.04 bits per heavy atom. The van der Waals surface area contributed by atoms with E-state index >= 15 is 0 Å². The van der Waals surface area contributed by atoms with Crippen LogP contribution in [0.5, 0.6) is 0 Å². The number of rotatable bonds is 2. The van der Waals surface area contributed by atoms with Crippen LogP contribution in [0, 0.1) is 0 Å². The zero-order chi connectivity index (χ0) is 16.4. The molecule has 3 rings (SSSR count). The molecule has 122 valence electrons. The average molecular weight is 313 g/mol. The van der Waals surface area contributed by atoms with E-state index in [4.69, 9.17) is 9.72 Å². The highest BCUT2D eigenvalue weighted by Gasteiger charge is 2.26. The second kappa shape index (κ2) is 6.07. The van der Waals surface area contributed by atoms with Crippen molar-refractivity contribution in [3.63, 3.8) is 0 Å². The Kier molecular flexibility index (Phi) is 4.11. The summed E-state index contributed by atoms with van der Waals surface area (Å²) in [5.41, 5.74) is 0.524. The molecule has 0 spiro atoms. The Labute approximate surface area is 136 Å². The Hall–Kier alpha value is -2.30. The molecule has 1 atom stereocenters. The summed E-state index contributed by atoms with van der Waals surface area (Å²) in [6.07, 6.45) is 0.545. The highest BCUT2D eigenvalue weighted by atomic mass is 16.6. The molecule has 1 aliphatic rings. The lowest BCUT2D eigenvalue weighted by Gasteiger charge is -2.22. The number of fused-ring (bicyclic) bond motifs is 1. The van der Waals surface area contributed by atoms with Gasteiger partial charge in [-0.1, -0.05) is 18.2 Å². The van der Waals surface area contributed by atoms with E-state index in [0.29, 0.717) is 0 Å². The summed E-state index contributed by atoms with van der Waals surface area (Å²) in [6.45, 7) is 7.24. The topological polar surface area (TPSA) is 54.5 Å². The predicted octanol–water partition coefficient (Wildman–Crippen LogP) is 3.34. The number of benzene rings is 1. The van der Waals surface area contributed by atoms with Gasteiger partial charge in [-0.05, 0) is 45.4 Å². The van der Waals surface area contributed by atoms with Crippen molar-refractivity contribution in [2.24, 2.45) is 0 Å². The third-order valence-corrected chi connectivity index (χ3v) is 3.82. The first kappa shape index (κ1) is 15.6. The maximum absolute atomic E-state index is 11.9. The third-order valence-electron chi connectivity index (χ3n) is 3.82. The van der Waals surface area contributed by atoms with Gasteiger partial charge in [0.05, 0.1) is 11.6 Å². The van der Waals surface area contributed by atoms with Gasteiger partial charge in [0.2, 0.25) is 0 Å². The summed E-state index contributed by atoms with van der Waals surface area (Å²) in [5, 5.41) is 4.08. The number of hydrogen-bond donors (Lipinski definition) is 1. The molecule has 1 fully saturated rings. The number of alkyl carbamates (subject to hydrolysis) is 1. The SMILES string of the molecule is CC(C)(C)OC(=O)N[C@H]1CCN(c2ccc3ccccc3n2)C1. The number of nitrogens with one attached hydrogen (secondary N) is 1. The molecular formula is C18H23N3O2. The van der Waals surface area contributed by atoms with Crippen molar-refractivity contribution in [2.45, 2.75) is 38.8 Å². The van der Waals surface area contributed by atoms with Gasteiger partial charge in [0, 0.05) is 18.5 Å². The van der Waals surface area contributed by atoms with Gasteiger partial charge in [-0.2, -0.15) is 0 Å². The molecule has 5 nitrogen and oxygen atoms in total. The zero-order valence-corrected chi connectivity index (χ0v) is 13.9. The quantitative estimate of drug-likeness (QED) is 0.924. The largest absolute Gasteiger partial charge is 0.444 e. The highest BCUT2D eigenvalue weighted by Crippen LogP contribution is 2.22. The molecule has 0 bridgehead atoms. The van der Waals surface area contributed by atoms with Gasteiger partial charge in [0.1, 0.15) is 11.4 Å². The molecule has 0 unspecified atom stereocenters. The summed E-state index contributed by atoms with van der Waals surface area (Å²) in [4.78, 5) is 18.8. The van der Waals surface area contributed by atoms with E-state index in [1.807, 2.05) is 45.0 Å². The van der Waals surface area contributed by atoms with E-state index in [9.17, 15) is 4.79 Å². The van der Waals surface area contributed by atoms with Crippen molar-refractivity contribution in [3.05, 3.63) is 36.4 Å². The first-order valence-corrected chi connectivity index (χ1v) is 8.01. The fraction of sp³-hybridized carbons (Fsp3) is 0.444. The summed E-state index contributed by atoms with van der Waals surface area (Å²) >= 11 is 0. The van der Waals surface area contributed by atoms with E-state index in [2.05, 4.69) is 22.3 Å². The molecule has 1 saturated heterocycles. The van der Waals surface area contributed by atoms with Crippen LogP contribution in [0.25, 0.3) is 10.9 Å². The van der Waals surface area contributed by atoms with Crippen molar-refractivity contribution in [1.82, 2.24) is 10.3 Å². The summed E-state index contributed by atoms with van der Waals surface area (Å²) < 4.78 is 5.31. The van der Waals surface area contributed by atoms with E-state index in [1.54, 1.807) is 0 Å². The van der Waals surface area contributed by atoms with E-state index in [1.165, 1.54) is 0 Å². The molecule has 0 aliphatic carbocycles. The molecule has 0 radical (unpaired) electrons. The van der Waals surface area contributed by atoms with E-state index in [-0.39, 0.29) is 12.1 Å². The maximum atomic E-state index is 11.9. The Morgan fingerprint density at radius 1 is 1.26 bits per heavy atom. The fourth-order valence-electron chi connectivity index (χ4n) is 2.79. The zero-order valence-electron chi connectivity index (χ0n) is 13.9. The van der Waals surface area contributed by atoms with Crippen LogP contribution in [0.3, 0.4) is 0 Å². The molecule has 1 aliphatic heterocycles. The minimum atomic E-state index is -0.470. The number of pyridine rings is 1. The summed E-state index contributed by atoms with van der Waals surface area (Å²) in [6, 6.07) is 12.3. The second-order valence-corrected chi connectivity index (χ2v) is 6.94. The predicted molar refractivity (Wildman–Crippen MR) is 91.7 cm³/mol. The molecule has 5 heteroatoms. The molecule has 1 amide bonds. The monoisotopic (exact) mass is 313 g/mol. The van der Waals surface area contributed by atoms with Gasteiger partial charge in [-0.3, -0.25) is 0 Å². The number of aromatic nitrogens is 1. The normalized spacial score (nSPS) is 18.2. The molecule has 0 saturated carbocycles. The smallest absolute Gasteiger partial charge is 0.407 e. The van der Waals surface area contributed by atoms with Crippen LogP contribution in [0.15, 0.2) is 36.4 Å². The average Bonchev–Trinajstić information content (AvgIpc) is 2.93. The van der Waals surface area contributed by atoms with Gasteiger partial charge in [0.25, 0.3) is 0 Å². The van der Waals surface area contributed by atoms with Crippen LogP contribution in [0.4, 0.5) is 10.6 Å². The fourth-order valence-corrected chi connectivity index (χ4v) is 2.79. The molecule has 2 heterocycles. The number of para-hydroxylation sites is 1. The van der Waals surface area contributed by atoms with Gasteiger partial charge in [0.15, 0.2) is 0 Å². The number of carbonyl (C=O) groups is 1. The summed E-state index contributed by atoms with van der Waals surface area (Å²) in [5.74, 6) is 0.956. The molecule has 1 N–H and O–H groups in total. The third kappa shape index (κ3) is 3.92. The number of hydrogen-bond acceptors (Lipinski definition) is 4. The Balaban J connectivity index is 1.63. The van der Waals surface area contributed by atoms with Crippen LogP contribution in [0.1, 0.15) is 27.2 Å². The van der Waals surface area contributed by atoms with Crippen molar-refractivity contribution in [3.8, 4) is 0 Å². The second-order valence-electron chi connectivity index (χ2n) is 6.94. The first-order valence-electron chi connectivity index (χ1n) is 8.01. The van der Waals surface area contributed by atoms with Crippen LogP contribution in [-0.4, -0.2) is 35.8 Å². The minimum absolute atomic E-state index is 0.0955. The van der Waals surface area contributed by atoms with Crippen LogP contribution in [0.2, 0.25) is 0 Å². The van der Waals surface area contributed by atoms with Crippen LogP contribution < -0.4 is 10.2 Å². The standard InChI is InChI=1S/C18H23N3O2/c1-18(2,3)23-17(22)19-14-10-11-21(12-14)16-9-8-13-6-4-5-7-15(13)20-16/h4-9,14H,10-12H2,1-3H3,(H,19,22)/t14-/m0/s1. The lowest BCUT2D eigenvalue weighted by Crippen LogP contribution is -2.40. The van der Waals surface area contributed by atoms with Gasteiger partial charge < -0.3 is 15.0 Å². The van der Waals surface area contributed by atoms with Crippen molar-refractivity contribution in [2.75, 3.05) is 18.0 Å². The van der Waals surface area contributed by atoms with E-state index in [0.717, 1.165) is 36.2 Å². The Morgan fingerprint density at radius 3 is 2.83 bits per heavy atom. The maximum Gasteiger partial charge on any atom is 0.407 e. The lowest BCUT2D eigenvalue weighted by molar-refractivity contribution is 0.0509. The molecule has 23 heavy (non-hydrogen) atoms. The van der Waals surface area contributed by atoms with Crippen molar-refractivity contribution >= 4 is 22.8 Å². The van der Waals surface area contributed by atoms with Gasteiger partial charge in [-0.15, -0.1) is 0 Å². The number of anilines is 1. The number of amides is 1. The van der Waals surface area contributed by atoms with E-state index < -0.39 is 5.60 Å². The van der Waals surface area contributed by atoms with Crippen LogP contribution in [-0.2, 0) is 4.74 Å². The van der Waals surface area contributed by atoms with Crippen LogP contribution >= 0.6 is 0 Å². The molecule has 1 aromatic heterocycles. The number of carbonyl (C=O) groups excluding carboxylic acids is 1. The molecular weight excluding hydrogens is 290 g/mol. The van der Waals surface area contributed by atoms with Crippen molar-refractivity contribution in [1.29, 1.82) is 0 Å². The van der Waals surface area contributed by atoms with Gasteiger partial charge in [-0.25, -0.2) is 9.78 Å². The molecule has 1 aromatic carbocycles. The lowest BCUT2D eigenvalue weighted by atomic mass is 10.2.